The summed E-state index contributed by atoms with van der Waals surface area (Å²) in [6, 6.07) is 7.08. The lowest BCUT2D eigenvalue weighted by atomic mass is 10.1. The lowest BCUT2D eigenvalue weighted by Gasteiger charge is -2.10. The topological polar surface area (TPSA) is 73.1 Å². The van der Waals surface area contributed by atoms with Gasteiger partial charge >= 0.3 is 0 Å². The maximum Gasteiger partial charge on any atom is 0.274 e. The third-order valence-electron chi connectivity index (χ3n) is 3.41. The average molecular weight is 316 g/mol. The van der Waals surface area contributed by atoms with E-state index in [1.165, 1.54) is 0 Å². The quantitative estimate of drug-likeness (QED) is 0.679. The Bertz CT molecular complexity index is 747. The molecule has 0 saturated heterocycles. The Morgan fingerprint density at radius 1 is 1.13 bits per heavy atom. The van der Waals surface area contributed by atoms with Crippen molar-refractivity contribution in [2.24, 2.45) is 5.10 Å². The molecule has 0 radical (unpaired) electrons. The highest BCUT2D eigenvalue weighted by atomic mass is 16.5. The number of aryl methyl sites for hydroxylation is 2. The molecule has 1 heterocycles. The smallest absolute Gasteiger partial charge is 0.274 e. The van der Waals surface area contributed by atoms with Gasteiger partial charge in [0, 0.05) is 11.6 Å². The van der Waals surface area contributed by atoms with Crippen molar-refractivity contribution in [3.05, 3.63) is 46.9 Å². The van der Waals surface area contributed by atoms with Crippen molar-refractivity contribution in [2.45, 2.75) is 20.8 Å². The Morgan fingerprint density at radius 2 is 1.87 bits per heavy atom. The zero-order valence-corrected chi connectivity index (χ0v) is 13.9. The van der Waals surface area contributed by atoms with Crippen LogP contribution in [0.5, 0.6) is 11.5 Å². The molecule has 1 aromatic heterocycles. The Kier molecular flexibility index (Phi) is 5.05. The van der Waals surface area contributed by atoms with Crippen molar-refractivity contribution in [1.82, 2.24) is 5.43 Å². The molecule has 0 spiro atoms. The summed E-state index contributed by atoms with van der Waals surface area (Å²) in [4.78, 5) is 12.1. The highest BCUT2D eigenvalue weighted by Crippen LogP contribution is 2.25. The Hall–Kier alpha value is -2.76. The van der Waals surface area contributed by atoms with Crippen molar-refractivity contribution in [3.8, 4) is 11.5 Å². The Morgan fingerprint density at radius 3 is 2.43 bits per heavy atom. The summed E-state index contributed by atoms with van der Waals surface area (Å²) < 4.78 is 15.8. The minimum Gasteiger partial charge on any atom is -0.497 e. The van der Waals surface area contributed by atoms with Crippen LogP contribution in [0.4, 0.5) is 0 Å². The largest absolute Gasteiger partial charge is 0.497 e. The molecule has 1 N–H and O–H groups in total. The van der Waals surface area contributed by atoms with Crippen molar-refractivity contribution in [3.63, 3.8) is 0 Å². The van der Waals surface area contributed by atoms with Crippen LogP contribution in [0.2, 0.25) is 0 Å². The van der Waals surface area contributed by atoms with Gasteiger partial charge in [-0.15, -0.1) is 0 Å². The van der Waals surface area contributed by atoms with E-state index in [-0.39, 0.29) is 5.91 Å². The molecule has 0 aliphatic heterocycles. The van der Waals surface area contributed by atoms with E-state index in [9.17, 15) is 4.79 Å². The number of nitrogens with zero attached hydrogens (tertiary/aromatic N) is 1. The molecule has 0 bridgehead atoms. The zero-order chi connectivity index (χ0) is 17.0. The van der Waals surface area contributed by atoms with Crippen LogP contribution in [0.25, 0.3) is 0 Å². The van der Waals surface area contributed by atoms with Crippen LogP contribution in [0, 0.1) is 13.8 Å². The summed E-state index contributed by atoms with van der Waals surface area (Å²) in [5.74, 6) is 2.24. The number of benzene rings is 1. The molecule has 0 saturated carbocycles. The molecule has 0 unspecified atom stereocenters. The van der Waals surface area contributed by atoms with Crippen molar-refractivity contribution in [1.29, 1.82) is 0 Å². The average Bonchev–Trinajstić information content (AvgIpc) is 2.90. The minimum atomic E-state index is -0.314. The zero-order valence-electron chi connectivity index (χ0n) is 13.9. The minimum absolute atomic E-state index is 0.314. The second kappa shape index (κ2) is 7.00. The third-order valence-corrected chi connectivity index (χ3v) is 3.41. The van der Waals surface area contributed by atoms with Crippen LogP contribution in [0.3, 0.4) is 0 Å². The van der Waals surface area contributed by atoms with E-state index >= 15 is 0 Å². The van der Waals surface area contributed by atoms with Gasteiger partial charge in [0.05, 0.1) is 25.5 Å². The molecule has 2 rings (SSSR count). The molecule has 1 amide bonds. The van der Waals surface area contributed by atoms with Gasteiger partial charge in [-0.1, -0.05) is 0 Å². The van der Waals surface area contributed by atoms with Gasteiger partial charge in [0.15, 0.2) is 0 Å². The number of hydrazone groups is 1. The number of hydrogen-bond donors (Lipinski definition) is 1. The van der Waals surface area contributed by atoms with Crippen molar-refractivity contribution >= 4 is 11.6 Å². The number of hydrogen-bond acceptors (Lipinski definition) is 5. The summed E-state index contributed by atoms with van der Waals surface area (Å²) in [6.45, 7) is 5.32. The van der Waals surface area contributed by atoms with Crippen LogP contribution in [0.15, 0.2) is 33.8 Å². The molecular weight excluding hydrogens is 296 g/mol. The predicted octanol–water partition coefficient (Wildman–Crippen LogP) is 3.07. The lowest BCUT2D eigenvalue weighted by Crippen LogP contribution is -2.19. The summed E-state index contributed by atoms with van der Waals surface area (Å²) in [7, 11) is 3.16. The Labute approximate surface area is 135 Å². The van der Waals surface area contributed by atoms with E-state index in [1.54, 1.807) is 47.1 Å². The SMILES string of the molecule is COc1ccc(/C(C)=N/NC(=O)c2cc(C)oc2C)c(OC)c1. The molecule has 122 valence electrons. The normalized spacial score (nSPS) is 11.3. The first-order chi connectivity index (χ1) is 11.0. The molecule has 0 aliphatic rings. The first kappa shape index (κ1) is 16.6. The van der Waals surface area contributed by atoms with E-state index in [4.69, 9.17) is 13.9 Å². The summed E-state index contributed by atoms with van der Waals surface area (Å²) >= 11 is 0. The van der Waals surface area contributed by atoms with Gasteiger partial charge in [0.1, 0.15) is 23.0 Å². The summed E-state index contributed by atoms with van der Waals surface area (Å²) in [5.41, 5.74) is 4.40. The van der Waals surface area contributed by atoms with Crippen molar-refractivity contribution in [2.75, 3.05) is 14.2 Å². The fourth-order valence-corrected chi connectivity index (χ4v) is 2.21. The van der Waals surface area contributed by atoms with Crippen LogP contribution < -0.4 is 14.9 Å². The molecular formula is C17H20N2O4. The van der Waals surface area contributed by atoms with Crippen LogP contribution in [-0.4, -0.2) is 25.8 Å². The monoisotopic (exact) mass is 316 g/mol. The van der Waals surface area contributed by atoms with Gasteiger partial charge in [0.2, 0.25) is 0 Å². The van der Waals surface area contributed by atoms with Gasteiger partial charge in [-0.2, -0.15) is 5.10 Å². The Balaban J connectivity index is 2.20. The number of nitrogens with one attached hydrogen (secondary N) is 1. The molecule has 0 aliphatic carbocycles. The van der Waals surface area contributed by atoms with Gasteiger partial charge in [0.25, 0.3) is 5.91 Å². The molecule has 23 heavy (non-hydrogen) atoms. The van der Waals surface area contributed by atoms with Crippen molar-refractivity contribution < 1.29 is 18.7 Å². The molecule has 6 heteroatoms. The van der Waals surface area contributed by atoms with E-state index in [2.05, 4.69) is 10.5 Å². The third kappa shape index (κ3) is 3.71. The molecule has 1 aromatic carbocycles. The number of carbonyl (C=O) groups is 1. The van der Waals surface area contributed by atoms with E-state index in [0.717, 1.165) is 5.56 Å². The fourth-order valence-electron chi connectivity index (χ4n) is 2.21. The highest BCUT2D eigenvalue weighted by molar-refractivity contribution is 6.03. The van der Waals surface area contributed by atoms with E-state index in [0.29, 0.717) is 34.3 Å². The number of carbonyl (C=O) groups excluding carboxylic acids is 1. The van der Waals surface area contributed by atoms with Crippen LogP contribution >= 0.6 is 0 Å². The number of rotatable bonds is 5. The molecule has 0 atom stereocenters. The predicted molar refractivity (Wildman–Crippen MR) is 87.4 cm³/mol. The molecule has 0 fully saturated rings. The molecule has 6 nitrogen and oxygen atoms in total. The number of amides is 1. The number of furan rings is 1. The molecule has 2 aromatic rings. The number of methoxy groups -OCH3 is 2. The van der Waals surface area contributed by atoms with Gasteiger partial charge in [-0.25, -0.2) is 5.43 Å². The second-order valence-electron chi connectivity index (χ2n) is 5.03. The first-order valence-corrected chi connectivity index (χ1v) is 7.10. The summed E-state index contributed by atoms with van der Waals surface area (Å²) in [5, 5.41) is 4.14. The van der Waals surface area contributed by atoms with Crippen LogP contribution in [0.1, 0.15) is 34.4 Å². The van der Waals surface area contributed by atoms with E-state index < -0.39 is 0 Å². The fraction of sp³-hybridized carbons (Fsp3) is 0.294. The second-order valence-corrected chi connectivity index (χ2v) is 5.03. The summed E-state index contributed by atoms with van der Waals surface area (Å²) in [6.07, 6.45) is 0. The van der Waals surface area contributed by atoms with E-state index in [1.807, 2.05) is 12.1 Å². The van der Waals surface area contributed by atoms with Gasteiger partial charge < -0.3 is 13.9 Å². The van der Waals surface area contributed by atoms with Crippen LogP contribution in [-0.2, 0) is 0 Å². The maximum absolute atomic E-state index is 12.1. The van der Waals surface area contributed by atoms with Gasteiger partial charge in [-0.05, 0) is 39.0 Å². The standard InChI is InChI=1S/C17H20N2O4/c1-10-8-15(12(3)23-10)17(20)19-18-11(2)14-7-6-13(21-4)9-16(14)22-5/h6-9H,1-5H3,(H,19,20)/b18-11+. The first-order valence-electron chi connectivity index (χ1n) is 7.10. The lowest BCUT2D eigenvalue weighted by molar-refractivity contribution is 0.0953. The van der Waals surface area contributed by atoms with Gasteiger partial charge in [-0.3, -0.25) is 4.79 Å². The number of ether oxygens (including phenoxy) is 2. The highest BCUT2D eigenvalue weighted by Gasteiger charge is 2.14. The maximum atomic E-state index is 12.1.